The zero-order valence-corrected chi connectivity index (χ0v) is 8.37. The van der Waals surface area contributed by atoms with Crippen LogP contribution in [-0.4, -0.2) is 12.5 Å². The Bertz CT molecular complexity index is 449. The van der Waals surface area contributed by atoms with Crippen LogP contribution in [0.25, 0.3) is 0 Å². The minimum Gasteiger partial charge on any atom is -0.324 e. The number of rotatable bonds is 2. The molecule has 1 amide bonds. The van der Waals surface area contributed by atoms with Crippen molar-refractivity contribution in [2.75, 3.05) is 11.9 Å². The fraction of sp³-hybridized carbons (Fsp3) is 0.273. The van der Waals surface area contributed by atoms with Crippen LogP contribution in [0.5, 0.6) is 0 Å². The molecule has 0 bridgehead atoms. The van der Waals surface area contributed by atoms with Gasteiger partial charge in [0.1, 0.15) is 5.54 Å². The maximum absolute atomic E-state index is 11.8. The van der Waals surface area contributed by atoms with Crippen molar-refractivity contribution in [1.29, 1.82) is 5.26 Å². The van der Waals surface area contributed by atoms with E-state index in [2.05, 4.69) is 10.6 Å². The second-order valence-corrected chi connectivity index (χ2v) is 3.64. The Labute approximate surface area is 87.9 Å². The van der Waals surface area contributed by atoms with Crippen LogP contribution in [0.15, 0.2) is 24.3 Å². The molecular weight excluding hydrogens is 190 g/mol. The molecule has 1 aromatic rings. The van der Waals surface area contributed by atoms with Crippen LogP contribution in [-0.2, 0) is 10.3 Å². The maximum atomic E-state index is 11.8. The van der Waals surface area contributed by atoms with Crippen molar-refractivity contribution in [3.8, 4) is 6.07 Å². The molecule has 0 fully saturated rings. The summed E-state index contributed by atoms with van der Waals surface area (Å²) in [5, 5.41) is 14.3. The van der Waals surface area contributed by atoms with Gasteiger partial charge in [-0.2, -0.15) is 5.26 Å². The Morgan fingerprint density at radius 3 is 3.00 bits per heavy atom. The zero-order chi connectivity index (χ0) is 10.9. The van der Waals surface area contributed by atoms with Crippen molar-refractivity contribution in [1.82, 2.24) is 5.32 Å². The zero-order valence-electron chi connectivity index (χ0n) is 8.37. The van der Waals surface area contributed by atoms with Crippen LogP contribution in [0.3, 0.4) is 0 Å². The minimum atomic E-state index is -0.785. The van der Waals surface area contributed by atoms with Gasteiger partial charge >= 0.3 is 0 Å². The summed E-state index contributed by atoms with van der Waals surface area (Å²) in [7, 11) is 0. The Morgan fingerprint density at radius 1 is 1.53 bits per heavy atom. The fourth-order valence-corrected chi connectivity index (χ4v) is 1.79. The highest BCUT2D eigenvalue weighted by Crippen LogP contribution is 2.34. The van der Waals surface area contributed by atoms with E-state index in [0.29, 0.717) is 0 Å². The number of hydrogen-bond acceptors (Lipinski definition) is 3. The van der Waals surface area contributed by atoms with Crippen LogP contribution >= 0.6 is 0 Å². The molecule has 2 N–H and O–H groups in total. The van der Waals surface area contributed by atoms with Crippen LogP contribution in [0.4, 0.5) is 5.69 Å². The molecule has 2 rings (SSSR count). The highest BCUT2D eigenvalue weighted by Gasteiger charge is 2.41. The normalized spacial score (nSPS) is 23.1. The molecule has 0 saturated heterocycles. The van der Waals surface area contributed by atoms with Crippen molar-refractivity contribution >= 4 is 11.6 Å². The lowest BCUT2D eigenvalue weighted by Crippen LogP contribution is -2.45. The first kappa shape index (κ1) is 9.69. The number of benzene rings is 1. The highest BCUT2D eigenvalue weighted by molar-refractivity contribution is 6.05. The predicted molar refractivity (Wildman–Crippen MR) is 56.0 cm³/mol. The monoisotopic (exact) mass is 201 g/mol. The standard InChI is InChI=1S/C11H11N3O/c1-11(13-7-6-12)8-4-2-3-5-9(8)14-10(11)15/h2-5,13H,7H2,1H3,(H,14,15). The molecule has 0 radical (unpaired) electrons. The topological polar surface area (TPSA) is 64.9 Å². The third-order valence-corrected chi connectivity index (χ3v) is 2.69. The molecule has 76 valence electrons. The SMILES string of the molecule is CC1(NCC#N)C(=O)Nc2ccccc21. The number of anilines is 1. The third-order valence-electron chi connectivity index (χ3n) is 2.69. The third kappa shape index (κ3) is 1.37. The van der Waals surface area contributed by atoms with Crippen LogP contribution in [0.2, 0.25) is 0 Å². The molecule has 0 aliphatic carbocycles. The molecule has 4 heteroatoms. The molecule has 0 saturated carbocycles. The molecule has 1 heterocycles. The van der Waals surface area contributed by atoms with Gasteiger partial charge in [-0.3, -0.25) is 10.1 Å². The Morgan fingerprint density at radius 2 is 2.27 bits per heavy atom. The number of fused-ring (bicyclic) bond motifs is 1. The number of para-hydroxylation sites is 1. The van der Waals surface area contributed by atoms with Crippen molar-refractivity contribution in [3.05, 3.63) is 29.8 Å². The van der Waals surface area contributed by atoms with Gasteiger partial charge in [0.15, 0.2) is 0 Å². The van der Waals surface area contributed by atoms with Crippen LogP contribution < -0.4 is 10.6 Å². The van der Waals surface area contributed by atoms with E-state index in [0.717, 1.165) is 11.3 Å². The summed E-state index contributed by atoms with van der Waals surface area (Å²) >= 11 is 0. The lowest BCUT2D eigenvalue weighted by molar-refractivity contribution is -0.121. The van der Waals surface area contributed by atoms with E-state index < -0.39 is 5.54 Å². The van der Waals surface area contributed by atoms with E-state index in [4.69, 9.17) is 5.26 Å². The summed E-state index contributed by atoms with van der Waals surface area (Å²) in [4.78, 5) is 11.8. The number of hydrogen-bond donors (Lipinski definition) is 2. The number of carbonyl (C=O) groups excluding carboxylic acids is 1. The summed E-state index contributed by atoms with van der Waals surface area (Å²) < 4.78 is 0. The van der Waals surface area contributed by atoms with Gasteiger partial charge < -0.3 is 5.32 Å². The first-order valence-corrected chi connectivity index (χ1v) is 4.71. The van der Waals surface area contributed by atoms with E-state index in [1.807, 2.05) is 30.3 Å². The van der Waals surface area contributed by atoms with Crippen molar-refractivity contribution in [2.24, 2.45) is 0 Å². The average Bonchev–Trinajstić information content (AvgIpc) is 2.50. The molecule has 1 aromatic carbocycles. The van der Waals surface area contributed by atoms with E-state index in [9.17, 15) is 4.79 Å². The second-order valence-electron chi connectivity index (χ2n) is 3.64. The molecule has 1 unspecified atom stereocenters. The van der Waals surface area contributed by atoms with Gasteiger partial charge in [0.2, 0.25) is 5.91 Å². The van der Waals surface area contributed by atoms with Gasteiger partial charge in [-0.25, -0.2) is 0 Å². The molecule has 1 aliphatic heterocycles. The molecule has 1 aliphatic rings. The quantitative estimate of drug-likeness (QED) is 0.701. The van der Waals surface area contributed by atoms with Crippen molar-refractivity contribution in [2.45, 2.75) is 12.5 Å². The molecule has 0 spiro atoms. The number of carbonyl (C=O) groups is 1. The lowest BCUT2D eigenvalue weighted by Gasteiger charge is -2.22. The van der Waals surface area contributed by atoms with E-state index in [1.54, 1.807) is 6.92 Å². The Kier molecular flexibility index (Phi) is 2.18. The van der Waals surface area contributed by atoms with Gasteiger partial charge in [-0.1, -0.05) is 18.2 Å². The first-order valence-electron chi connectivity index (χ1n) is 4.71. The highest BCUT2D eigenvalue weighted by atomic mass is 16.2. The average molecular weight is 201 g/mol. The molecule has 4 nitrogen and oxygen atoms in total. The maximum Gasteiger partial charge on any atom is 0.249 e. The van der Waals surface area contributed by atoms with Gasteiger partial charge in [0.05, 0.1) is 12.6 Å². The molecular formula is C11H11N3O. The van der Waals surface area contributed by atoms with Gasteiger partial charge in [0.25, 0.3) is 0 Å². The summed E-state index contributed by atoms with van der Waals surface area (Å²) in [5.41, 5.74) is 0.924. The predicted octanol–water partition coefficient (Wildman–Crippen LogP) is 0.967. The van der Waals surface area contributed by atoms with Crippen molar-refractivity contribution in [3.63, 3.8) is 0 Å². The fourth-order valence-electron chi connectivity index (χ4n) is 1.79. The van der Waals surface area contributed by atoms with Crippen LogP contribution in [0.1, 0.15) is 12.5 Å². The van der Waals surface area contributed by atoms with Gasteiger partial charge in [-0.15, -0.1) is 0 Å². The first-order chi connectivity index (χ1) is 7.18. The summed E-state index contributed by atoms with van der Waals surface area (Å²) in [5.74, 6) is -0.112. The second kappa shape index (κ2) is 3.37. The Hall–Kier alpha value is -1.86. The number of nitrogens with zero attached hydrogens (tertiary/aromatic N) is 1. The van der Waals surface area contributed by atoms with Crippen molar-refractivity contribution < 1.29 is 4.79 Å². The Balaban J connectivity index is 2.41. The molecule has 15 heavy (non-hydrogen) atoms. The molecule has 0 aromatic heterocycles. The smallest absolute Gasteiger partial charge is 0.249 e. The number of amides is 1. The van der Waals surface area contributed by atoms with E-state index in [-0.39, 0.29) is 12.5 Å². The minimum absolute atomic E-state index is 0.112. The number of nitriles is 1. The van der Waals surface area contributed by atoms with Gasteiger partial charge in [0, 0.05) is 11.3 Å². The summed E-state index contributed by atoms with van der Waals surface area (Å²) in [6.07, 6.45) is 0. The number of nitrogens with one attached hydrogen (secondary N) is 2. The van der Waals surface area contributed by atoms with Crippen LogP contribution in [0, 0.1) is 11.3 Å². The van der Waals surface area contributed by atoms with E-state index in [1.165, 1.54) is 0 Å². The van der Waals surface area contributed by atoms with Gasteiger partial charge in [-0.05, 0) is 13.0 Å². The summed E-state index contributed by atoms with van der Waals surface area (Å²) in [6, 6.07) is 9.47. The lowest BCUT2D eigenvalue weighted by atomic mass is 9.94. The van der Waals surface area contributed by atoms with E-state index >= 15 is 0 Å². The molecule has 1 atom stereocenters. The largest absolute Gasteiger partial charge is 0.324 e. The summed E-state index contributed by atoms with van der Waals surface area (Å²) in [6.45, 7) is 1.93.